The Morgan fingerprint density at radius 2 is 1.70 bits per heavy atom. The number of hydrogen-bond acceptors (Lipinski definition) is 2. The Morgan fingerprint density at radius 1 is 1.04 bits per heavy atom. The minimum atomic E-state index is -0.260. The number of piperidine rings is 1. The molecule has 2 N–H and O–H groups in total. The minimum absolute atomic E-state index is 0.00706. The number of nitrogens with zero attached hydrogens (tertiary/aromatic N) is 1. The van der Waals surface area contributed by atoms with Crippen LogP contribution in [0.3, 0.4) is 0 Å². The maximum absolute atomic E-state index is 12.1. The van der Waals surface area contributed by atoms with Crippen molar-refractivity contribution in [1.29, 1.82) is 0 Å². The van der Waals surface area contributed by atoms with Gasteiger partial charge in [-0.05, 0) is 67.2 Å². The molecular formula is C22H25N3O2. The monoisotopic (exact) mass is 363 g/mol. The first-order chi connectivity index (χ1) is 13.0. The molecule has 0 bridgehead atoms. The summed E-state index contributed by atoms with van der Waals surface area (Å²) in [6.07, 6.45) is 3.27. The fourth-order valence-electron chi connectivity index (χ4n) is 3.42. The number of benzene rings is 2. The second-order valence-corrected chi connectivity index (χ2v) is 6.87. The number of hydrogen-bond donors (Lipinski definition) is 2. The summed E-state index contributed by atoms with van der Waals surface area (Å²) in [6, 6.07) is 15.4. The first kappa shape index (κ1) is 18.7. The average molecular weight is 363 g/mol. The third-order valence-corrected chi connectivity index (χ3v) is 4.90. The number of carbonyl (C=O) groups is 2. The molecule has 0 atom stereocenters. The predicted molar refractivity (Wildman–Crippen MR) is 109 cm³/mol. The average Bonchev–Trinajstić information content (AvgIpc) is 2.68. The summed E-state index contributed by atoms with van der Waals surface area (Å²) >= 11 is 0. The maximum Gasteiger partial charge on any atom is 0.323 e. The molecule has 0 spiro atoms. The van der Waals surface area contributed by atoms with E-state index in [1.54, 1.807) is 0 Å². The van der Waals surface area contributed by atoms with Crippen molar-refractivity contribution in [1.82, 2.24) is 4.90 Å². The molecule has 27 heavy (non-hydrogen) atoms. The molecular weight excluding hydrogens is 338 g/mol. The van der Waals surface area contributed by atoms with E-state index in [0.29, 0.717) is 5.92 Å². The quantitative estimate of drug-likeness (QED) is 0.784. The molecule has 5 nitrogen and oxygen atoms in total. The van der Waals surface area contributed by atoms with E-state index in [1.807, 2.05) is 48.2 Å². The van der Waals surface area contributed by atoms with Crippen LogP contribution in [-0.4, -0.2) is 29.9 Å². The third kappa shape index (κ3) is 4.97. The summed E-state index contributed by atoms with van der Waals surface area (Å²) in [5.74, 6) is 0.446. The normalized spacial score (nSPS) is 14.5. The van der Waals surface area contributed by atoms with Crippen molar-refractivity contribution < 1.29 is 9.59 Å². The van der Waals surface area contributed by atoms with Crippen molar-refractivity contribution in [2.45, 2.75) is 25.7 Å². The molecule has 1 aliphatic heterocycles. The second kappa shape index (κ2) is 8.54. The fraction of sp³-hybridized carbons (Fsp3) is 0.273. The van der Waals surface area contributed by atoms with E-state index < -0.39 is 0 Å². The van der Waals surface area contributed by atoms with Gasteiger partial charge in [0.15, 0.2) is 0 Å². The number of anilines is 2. The number of aryl methyl sites for hydroxylation is 1. The van der Waals surface area contributed by atoms with E-state index in [-0.39, 0.29) is 11.9 Å². The van der Waals surface area contributed by atoms with Gasteiger partial charge in [0.05, 0.1) is 0 Å². The summed E-state index contributed by atoms with van der Waals surface area (Å²) < 4.78 is 0. The zero-order valence-electron chi connectivity index (χ0n) is 15.6. The smallest absolute Gasteiger partial charge is 0.323 e. The van der Waals surface area contributed by atoms with Gasteiger partial charge in [-0.3, -0.25) is 4.79 Å². The van der Waals surface area contributed by atoms with Gasteiger partial charge >= 0.3 is 6.03 Å². The lowest BCUT2D eigenvalue weighted by Crippen LogP contribution is -2.36. The molecule has 140 valence electrons. The van der Waals surface area contributed by atoms with E-state index >= 15 is 0 Å². The highest BCUT2D eigenvalue weighted by atomic mass is 16.2. The van der Waals surface area contributed by atoms with Crippen molar-refractivity contribution in [3.8, 4) is 0 Å². The number of nitrogens with one attached hydrogen (secondary N) is 2. The molecule has 0 saturated carbocycles. The van der Waals surface area contributed by atoms with Crippen LogP contribution in [0.1, 0.15) is 29.9 Å². The summed E-state index contributed by atoms with van der Waals surface area (Å²) in [7, 11) is 0. The first-order valence-electron chi connectivity index (χ1n) is 9.21. The lowest BCUT2D eigenvalue weighted by atomic mass is 9.89. The Morgan fingerprint density at radius 3 is 2.33 bits per heavy atom. The van der Waals surface area contributed by atoms with Crippen LogP contribution in [0.15, 0.2) is 61.2 Å². The van der Waals surface area contributed by atoms with Gasteiger partial charge in [-0.2, -0.15) is 0 Å². The largest absolute Gasteiger partial charge is 0.339 e. The van der Waals surface area contributed by atoms with Gasteiger partial charge in [0.2, 0.25) is 5.91 Å². The lowest BCUT2D eigenvalue weighted by Gasteiger charge is -2.31. The second-order valence-electron chi connectivity index (χ2n) is 6.87. The highest BCUT2D eigenvalue weighted by Gasteiger charge is 2.22. The van der Waals surface area contributed by atoms with Crippen LogP contribution in [-0.2, 0) is 4.79 Å². The molecule has 5 heteroatoms. The predicted octanol–water partition coefficient (Wildman–Crippen LogP) is 4.53. The standard InChI is InChI=1S/C22H25N3O2/c1-3-21(26)25-13-11-18(12-14-25)17-7-9-19(10-8-17)23-22(27)24-20-6-4-5-16(2)15-20/h3-10,15,18H,1,11-14H2,2H3,(H2,23,24,27). The van der Waals surface area contributed by atoms with E-state index in [9.17, 15) is 9.59 Å². The highest BCUT2D eigenvalue weighted by molar-refractivity contribution is 5.99. The molecule has 0 unspecified atom stereocenters. The van der Waals surface area contributed by atoms with Gasteiger partial charge in [0.25, 0.3) is 0 Å². The SMILES string of the molecule is C=CC(=O)N1CCC(c2ccc(NC(=O)Nc3cccc(C)c3)cc2)CC1. The molecule has 1 aliphatic rings. The van der Waals surface area contributed by atoms with Crippen molar-refractivity contribution in [3.63, 3.8) is 0 Å². The fourth-order valence-corrected chi connectivity index (χ4v) is 3.42. The van der Waals surface area contributed by atoms with Crippen LogP contribution in [0.5, 0.6) is 0 Å². The first-order valence-corrected chi connectivity index (χ1v) is 9.21. The number of carbonyl (C=O) groups excluding carboxylic acids is 2. The molecule has 3 amide bonds. The molecule has 0 aromatic heterocycles. The summed E-state index contributed by atoms with van der Waals surface area (Å²) in [6.45, 7) is 7.05. The molecule has 1 fully saturated rings. The van der Waals surface area contributed by atoms with E-state index in [4.69, 9.17) is 0 Å². The van der Waals surface area contributed by atoms with Crippen LogP contribution in [0.25, 0.3) is 0 Å². The molecule has 1 saturated heterocycles. The van der Waals surface area contributed by atoms with Crippen molar-refractivity contribution in [3.05, 3.63) is 72.3 Å². The summed E-state index contributed by atoms with van der Waals surface area (Å²) in [4.78, 5) is 25.7. The summed E-state index contributed by atoms with van der Waals surface area (Å²) in [5, 5.41) is 5.69. The van der Waals surface area contributed by atoms with Gasteiger partial charge < -0.3 is 15.5 Å². The minimum Gasteiger partial charge on any atom is -0.339 e. The Kier molecular flexibility index (Phi) is 5.91. The number of likely N-dealkylation sites (tertiary alicyclic amines) is 1. The topological polar surface area (TPSA) is 61.4 Å². The van der Waals surface area contributed by atoms with Crippen LogP contribution >= 0.6 is 0 Å². The molecule has 3 rings (SSSR count). The van der Waals surface area contributed by atoms with Crippen molar-refractivity contribution >= 4 is 23.3 Å². The molecule has 2 aromatic carbocycles. The van der Waals surface area contributed by atoms with E-state index in [1.165, 1.54) is 11.6 Å². The van der Waals surface area contributed by atoms with Crippen LogP contribution in [0.4, 0.5) is 16.2 Å². The molecule has 0 radical (unpaired) electrons. The zero-order chi connectivity index (χ0) is 19.2. The molecule has 2 aromatic rings. The van der Waals surface area contributed by atoms with Crippen LogP contribution < -0.4 is 10.6 Å². The van der Waals surface area contributed by atoms with Gasteiger partial charge in [0.1, 0.15) is 0 Å². The zero-order valence-corrected chi connectivity index (χ0v) is 15.6. The third-order valence-electron chi connectivity index (χ3n) is 4.90. The molecule has 0 aliphatic carbocycles. The maximum atomic E-state index is 12.1. The number of urea groups is 1. The van der Waals surface area contributed by atoms with Crippen LogP contribution in [0.2, 0.25) is 0 Å². The van der Waals surface area contributed by atoms with Gasteiger partial charge in [-0.15, -0.1) is 0 Å². The number of rotatable bonds is 4. The Balaban J connectivity index is 1.54. The van der Waals surface area contributed by atoms with Gasteiger partial charge in [-0.1, -0.05) is 30.8 Å². The molecule has 1 heterocycles. The van der Waals surface area contributed by atoms with Crippen molar-refractivity contribution in [2.24, 2.45) is 0 Å². The number of amides is 3. The van der Waals surface area contributed by atoms with Crippen LogP contribution in [0, 0.1) is 6.92 Å². The van der Waals surface area contributed by atoms with E-state index in [2.05, 4.69) is 29.3 Å². The van der Waals surface area contributed by atoms with Gasteiger partial charge in [-0.25, -0.2) is 4.79 Å². The Labute approximate surface area is 160 Å². The highest BCUT2D eigenvalue weighted by Crippen LogP contribution is 2.29. The Hall–Kier alpha value is -3.08. The van der Waals surface area contributed by atoms with E-state index in [0.717, 1.165) is 42.9 Å². The summed E-state index contributed by atoms with van der Waals surface area (Å²) in [5.41, 5.74) is 3.86. The van der Waals surface area contributed by atoms with Gasteiger partial charge in [0, 0.05) is 24.5 Å². The van der Waals surface area contributed by atoms with Crippen molar-refractivity contribution in [2.75, 3.05) is 23.7 Å². The Bertz CT molecular complexity index is 822. The lowest BCUT2D eigenvalue weighted by molar-refractivity contribution is -0.127.